The van der Waals surface area contributed by atoms with E-state index in [4.69, 9.17) is 23.2 Å². The second kappa shape index (κ2) is 5.77. The molecule has 0 unspecified atom stereocenters. The minimum Gasteiger partial charge on any atom is -0.350 e. The van der Waals surface area contributed by atoms with Crippen molar-refractivity contribution >= 4 is 51.2 Å². The standard InChI is InChI=1S/C15H10Cl2N6O/c16-9-1-2-10-7(4-9)3-8(14(24)21-10)5-18-15-22-12(17)11-13(23-15)20-6-19-11/h1-4,6H,5H2,(H,21,24)(H2,18,19,20,22,23). The molecule has 4 rings (SSSR count). The Bertz CT molecular complexity index is 1120. The normalized spacial score (nSPS) is 11.2. The number of nitrogens with zero attached hydrogens (tertiary/aromatic N) is 3. The van der Waals surface area contributed by atoms with Crippen LogP contribution in [0.15, 0.2) is 35.4 Å². The number of nitrogens with one attached hydrogen (secondary N) is 3. The number of aromatic nitrogens is 5. The molecule has 7 nitrogen and oxygen atoms in total. The molecule has 1 aromatic carbocycles. The fourth-order valence-corrected chi connectivity index (χ4v) is 2.81. The van der Waals surface area contributed by atoms with Crippen LogP contribution >= 0.6 is 23.2 Å². The van der Waals surface area contributed by atoms with Gasteiger partial charge in [0.25, 0.3) is 5.56 Å². The molecule has 0 aliphatic heterocycles. The van der Waals surface area contributed by atoms with E-state index in [1.165, 1.54) is 6.33 Å². The Kier molecular flexibility index (Phi) is 3.59. The first kappa shape index (κ1) is 14.9. The van der Waals surface area contributed by atoms with Gasteiger partial charge in [-0.1, -0.05) is 23.2 Å². The Morgan fingerprint density at radius 3 is 2.92 bits per heavy atom. The third-order valence-corrected chi connectivity index (χ3v) is 4.06. The number of pyridine rings is 1. The van der Waals surface area contributed by atoms with E-state index < -0.39 is 0 Å². The van der Waals surface area contributed by atoms with Crippen molar-refractivity contribution in [2.45, 2.75) is 6.54 Å². The highest BCUT2D eigenvalue weighted by molar-refractivity contribution is 6.33. The summed E-state index contributed by atoms with van der Waals surface area (Å²) in [5.74, 6) is 0.308. The first-order valence-electron chi connectivity index (χ1n) is 7.02. The lowest BCUT2D eigenvalue weighted by Crippen LogP contribution is -2.16. The first-order chi connectivity index (χ1) is 11.6. The van der Waals surface area contributed by atoms with Crippen molar-refractivity contribution in [3.05, 3.63) is 56.7 Å². The number of imidazole rings is 1. The number of hydrogen-bond donors (Lipinski definition) is 3. The number of halogens is 2. The van der Waals surface area contributed by atoms with Gasteiger partial charge in [0.05, 0.1) is 6.33 Å². The molecule has 3 heterocycles. The van der Waals surface area contributed by atoms with Gasteiger partial charge in [-0.25, -0.2) is 4.98 Å². The van der Waals surface area contributed by atoms with Gasteiger partial charge in [-0.05, 0) is 24.3 Å². The smallest absolute Gasteiger partial charge is 0.253 e. The summed E-state index contributed by atoms with van der Waals surface area (Å²) in [6, 6.07) is 7.07. The van der Waals surface area contributed by atoms with Crippen molar-refractivity contribution < 1.29 is 0 Å². The highest BCUT2D eigenvalue weighted by Crippen LogP contribution is 2.19. The predicted molar refractivity (Wildman–Crippen MR) is 93.6 cm³/mol. The molecule has 0 fully saturated rings. The zero-order chi connectivity index (χ0) is 16.7. The Balaban J connectivity index is 1.65. The van der Waals surface area contributed by atoms with Gasteiger partial charge in [0.1, 0.15) is 5.52 Å². The molecule has 0 atom stereocenters. The van der Waals surface area contributed by atoms with Crippen molar-refractivity contribution in [3.8, 4) is 0 Å². The first-order valence-corrected chi connectivity index (χ1v) is 7.78. The molecule has 0 saturated heterocycles. The van der Waals surface area contributed by atoms with Crippen LogP contribution in [0, 0.1) is 0 Å². The van der Waals surface area contributed by atoms with E-state index in [9.17, 15) is 4.79 Å². The van der Waals surface area contributed by atoms with Gasteiger partial charge in [0.2, 0.25) is 5.95 Å². The van der Waals surface area contributed by atoms with Gasteiger partial charge in [0, 0.05) is 28.0 Å². The highest BCUT2D eigenvalue weighted by atomic mass is 35.5. The highest BCUT2D eigenvalue weighted by Gasteiger charge is 2.09. The lowest BCUT2D eigenvalue weighted by atomic mass is 10.1. The van der Waals surface area contributed by atoms with E-state index in [0.717, 1.165) is 10.9 Å². The van der Waals surface area contributed by atoms with E-state index >= 15 is 0 Å². The van der Waals surface area contributed by atoms with Gasteiger partial charge >= 0.3 is 0 Å². The van der Waals surface area contributed by atoms with E-state index in [1.807, 2.05) is 0 Å². The Hall–Kier alpha value is -2.64. The largest absolute Gasteiger partial charge is 0.350 e. The van der Waals surface area contributed by atoms with Crippen molar-refractivity contribution in [1.82, 2.24) is 24.9 Å². The van der Waals surface area contributed by atoms with Gasteiger partial charge < -0.3 is 15.3 Å². The summed E-state index contributed by atoms with van der Waals surface area (Å²) in [7, 11) is 0. The minimum atomic E-state index is -0.189. The predicted octanol–water partition coefficient (Wildman–Crippen LogP) is 3.11. The summed E-state index contributed by atoms with van der Waals surface area (Å²) in [5.41, 5.74) is 2.10. The van der Waals surface area contributed by atoms with Crippen LogP contribution in [0.1, 0.15) is 5.56 Å². The van der Waals surface area contributed by atoms with Crippen LogP contribution in [0.5, 0.6) is 0 Å². The van der Waals surface area contributed by atoms with Crippen LogP contribution in [0.3, 0.4) is 0 Å². The molecular weight excluding hydrogens is 351 g/mol. The third-order valence-electron chi connectivity index (χ3n) is 3.56. The van der Waals surface area contributed by atoms with E-state index in [2.05, 4.69) is 30.2 Å². The number of rotatable bonds is 3. The second-order valence-electron chi connectivity index (χ2n) is 5.15. The Morgan fingerprint density at radius 1 is 1.17 bits per heavy atom. The number of anilines is 1. The van der Waals surface area contributed by atoms with Gasteiger partial charge in [-0.3, -0.25) is 4.79 Å². The number of fused-ring (bicyclic) bond motifs is 2. The van der Waals surface area contributed by atoms with Crippen LogP contribution in [-0.2, 0) is 6.54 Å². The topological polar surface area (TPSA) is 99.4 Å². The zero-order valence-electron chi connectivity index (χ0n) is 12.1. The van der Waals surface area contributed by atoms with E-state index in [1.54, 1.807) is 24.3 Å². The molecule has 3 N–H and O–H groups in total. The lowest BCUT2D eigenvalue weighted by Gasteiger charge is -2.06. The van der Waals surface area contributed by atoms with Gasteiger partial charge in [-0.15, -0.1) is 0 Å². The fraction of sp³-hybridized carbons (Fsp3) is 0.0667. The molecule has 0 amide bonds. The van der Waals surface area contributed by atoms with Crippen LogP contribution in [0.2, 0.25) is 10.2 Å². The van der Waals surface area contributed by atoms with Gasteiger partial charge in [-0.2, -0.15) is 9.97 Å². The number of benzene rings is 1. The van der Waals surface area contributed by atoms with Gasteiger partial charge in [0.15, 0.2) is 10.8 Å². The van der Waals surface area contributed by atoms with Crippen LogP contribution in [0.4, 0.5) is 5.95 Å². The summed E-state index contributed by atoms with van der Waals surface area (Å²) < 4.78 is 0. The molecule has 0 spiro atoms. The quantitative estimate of drug-likeness (QED) is 0.487. The molecule has 4 aromatic rings. The number of hydrogen-bond acceptors (Lipinski definition) is 5. The molecule has 9 heteroatoms. The second-order valence-corrected chi connectivity index (χ2v) is 5.94. The maximum absolute atomic E-state index is 12.2. The maximum Gasteiger partial charge on any atom is 0.253 e. The van der Waals surface area contributed by atoms with Crippen LogP contribution < -0.4 is 10.9 Å². The summed E-state index contributed by atoms with van der Waals surface area (Å²) in [6.07, 6.45) is 1.49. The van der Waals surface area contributed by atoms with Crippen molar-refractivity contribution in [3.63, 3.8) is 0 Å². The SMILES string of the molecule is O=c1[nH]c2ccc(Cl)cc2cc1CNc1nc(Cl)c2nc[nH]c2n1. The zero-order valence-corrected chi connectivity index (χ0v) is 13.6. The number of aromatic amines is 2. The average molecular weight is 361 g/mol. The summed E-state index contributed by atoms with van der Waals surface area (Å²) in [6.45, 7) is 0.244. The number of H-pyrrole nitrogens is 2. The molecule has 0 aliphatic rings. The molecule has 120 valence electrons. The van der Waals surface area contributed by atoms with Crippen LogP contribution in [-0.4, -0.2) is 24.9 Å². The van der Waals surface area contributed by atoms with E-state index in [0.29, 0.717) is 27.7 Å². The summed E-state index contributed by atoms with van der Waals surface area (Å²) >= 11 is 12.1. The van der Waals surface area contributed by atoms with E-state index in [-0.39, 0.29) is 17.3 Å². The van der Waals surface area contributed by atoms with Crippen molar-refractivity contribution in [1.29, 1.82) is 0 Å². The molecule has 0 saturated carbocycles. The Labute approximate surface area is 145 Å². The minimum absolute atomic E-state index is 0.189. The molecule has 0 radical (unpaired) electrons. The molecular formula is C15H10Cl2N6O. The molecule has 0 aliphatic carbocycles. The monoisotopic (exact) mass is 360 g/mol. The van der Waals surface area contributed by atoms with Crippen molar-refractivity contribution in [2.24, 2.45) is 0 Å². The molecule has 0 bridgehead atoms. The molecule has 3 aromatic heterocycles. The van der Waals surface area contributed by atoms with Crippen LogP contribution in [0.25, 0.3) is 22.1 Å². The third kappa shape index (κ3) is 2.68. The lowest BCUT2D eigenvalue weighted by molar-refractivity contribution is 1.04. The molecule has 24 heavy (non-hydrogen) atoms. The Morgan fingerprint density at radius 2 is 2.04 bits per heavy atom. The summed E-state index contributed by atoms with van der Waals surface area (Å²) in [5, 5.41) is 4.69. The maximum atomic E-state index is 12.2. The average Bonchev–Trinajstić information content (AvgIpc) is 3.02. The van der Waals surface area contributed by atoms with Crippen molar-refractivity contribution in [2.75, 3.05) is 5.32 Å². The fourth-order valence-electron chi connectivity index (χ4n) is 2.41. The summed E-state index contributed by atoms with van der Waals surface area (Å²) in [4.78, 5) is 30.3.